The van der Waals surface area contributed by atoms with Gasteiger partial charge in [0.15, 0.2) is 0 Å². The largest absolute Gasteiger partial charge is 0.383 e. The number of benzene rings is 2. The number of hydrogen-bond donors (Lipinski definition) is 2. The van der Waals surface area contributed by atoms with Crippen LogP contribution in [-0.2, 0) is 9.53 Å². The molecule has 0 aliphatic rings. The highest BCUT2D eigenvalue weighted by Gasteiger charge is 2.14. The van der Waals surface area contributed by atoms with Gasteiger partial charge in [0.25, 0.3) is 5.91 Å². The zero-order valence-corrected chi connectivity index (χ0v) is 15.5. The van der Waals surface area contributed by atoms with Crippen molar-refractivity contribution in [3.63, 3.8) is 0 Å². The molecule has 26 heavy (non-hydrogen) atoms. The number of ether oxygens (including phenoxy) is 1. The minimum absolute atomic E-state index is 0.132. The van der Waals surface area contributed by atoms with Gasteiger partial charge >= 0.3 is 0 Å². The number of nitrogens with one attached hydrogen (secondary N) is 2. The molecule has 7 heteroatoms. The van der Waals surface area contributed by atoms with E-state index in [1.807, 2.05) is 6.92 Å². The van der Waals surface area contributed by atoms with Crippen molar-refractivity contribution in [3.05, 3.63) is 59.4 Å². The maximum Gasteiger partial charge on any atom is 0.256 e. The summed E-state index contributed by atoms with van der Waals surface area (Å²) in [6.07, 6.45) is 0. The van der Waals surface area contributed by atoms with Crippen molar-refractivity contribution >= 4 is 29.3 Å². The molecule has 0 saturated heterocycles. The van der Waals surface area contributed by atoms with Gasteiger partial charge in [0, 0.05) is 18.6 Å². The molecule has 2 rings (SSSR count). The Morgan fingerprint density at radius 2 is 1.96 bits per heavy atom. The molecule has 2 N–H and O–H groups in total. The van der Waals surface area contributed by atoms with Crippen LogP contribution >= 0.6 is 11.8 Å². The van der Waals surface area contributed by atoms with Crippen LogP contribution in [-0.4, -0.2) is 37.8 Å². The number of carbonyl (C=O) groups excluding carboxylic acids is 2. The summed E-state index contributed by atoms with van der Waals surface area (Å²) in [5.74, 6) is -0.886. The van der Waals surface area contributed by atoms with Crippen molar-refractivity contribution in [3.8, 4) is 0 Å². The number of thioether (sulfide) groups is 1. The molecule has 0 spiro atoms. The molecule has 0 aromatic heterocycles. The number of aryl methyl sites for hydroxylation is 1. The third-order valence-electron chi connectivity index (χ3n) is 3.49. The molecule has 0 aliphatic heterocycles. The van der Waals surface area contributed by atoms with E-state index >= 15 is 0 Å². The van der Waals surface area contributed by atoms with Gasteiger partial charge in [0.2, 0.25) is 5.91 Å². The van der Waals surface area contributed by atoms with Crippen LogP contribution in [0.4, 0.5) is 10.1 Å². The van der Waals surface area contributed by atoms with Gasteiger partial charge in [-0.05, 0) is 36.8 Å². The van der Waals surface area contributed by atoms with E-state index < -0.39 is 11.7 Å². The Bertz CT molecular complexity index is 783. The SMILES string of the molecule is COCCNC(=O)CSc1ccccc1C(=O)Nc1cc(C)ccc1F. The number of carbonyl (C=O) groups is 2. The molecule has 138 valence electrons. The van der Waals surface area contributed by atoms with E-state index in [0.717, 1.165) is 5.56 Å². The summed E-state index contributed by atoms with van der Waals surface area (Å²) in [6, 6.07) is 11.4. The molecule has 0 fully saturated rings. The average Bonchev–Trinajstić information content (AvgIpc) is 2.63. The van der Waals surface area contributed by atoms with E-state index in [4.69, 9.17) is 4.74 Å². The van der Waals surface area contributed by atoms with Gasteiger partial charge in [-0.15, -0.1) is 11.8 Å². The van der Waals surface area contributed by atoms with Crippen molar-refractivity contribution in [2.75, 3.05) is 31.3 Å². The summed E-state index contributed by atoms with van der Waals surface area (Å²) < 4.78 is 18.7. The van der Waals surface area contributed by atoms with Crippen LogP contribution in [0, 0.1) is 12.7 Å². The second kappa shape index (κ2) is 9.94. The molecule has 5 nitrogen and oxygen atoms in total. The maximum absolute atomic E-state index is 13.9. The number of methoxy groups -OCH3 is 1. The molecule has 0 radical (unpaired) electrons. The summed E-state index contributed by atoms with van der Waals surface area (Å²) in [6.45, 7) is 2.70. The van der Waals surface area contributed by atoms with Crippen molar-refractivity contribution in [1.29, 1.82) is 0 Å². The third-order valence-corrected chi connectivity index (χ3v) is 4.56. The van der Waals surface area contributed by atoms with Crippen LogP contribution in [0.3, 0.4) is 0 Å². The van der Waals surface area contributed by atoms with Gasteiger partial charge in [0.05, 0.1) is 23.6 Å². The van der Waals surface area contributed by atoms with Gasteiger partial charge in [-0.2, -0.15) is 0 Å². The lowest BCUT2D eigenvalue weighted by molar-refractivity contribution is -0.118. The molecule has 0 atom stereocenters. The van der Waals surface area contributed by atoms with E-state index in [2.05, 4.69) is 10.6 Å². The van der Waals surface area contributed by atoms with Crippen molar-refractivity contribution < 1.29 is 18.7 Å². The van der Waals surface area contributed by atoms with E-state index in [1.54, 1.807) is 43.5 Å². The number of anilines is 1. The summed E-state index contributed by atoms with van der Waals surface area (Å²) in [7, 11) is 1.56. The van der Waals surface area contributed by atoms with Crippen LogP contribution in [0.25, 0.3) is 0 Å². The second-order valence-electron chi connectivity index (χ2n) is 5.57. The number of amides is 2. The van der Waals surface area contributed by atoms with Crippen LogP contribution < -0.4 is 10.6 Å². The first-order valence-corrected chi connectivity index (χ1v) is 9.05. The number of hydrogen-bond acceptors (Lipinski definition) is 4. The van der Waals surface area contributed by atoms with Crippen molar-refractivity contribution in [1.82, 2.24) is 5.32 Å². The molecule has 2 aromatic rings. The van der Waals surface area contributed by atoms with Gasteiger partial charge in [-0.1, -0.05) is 18.2 Å². The first-order valence-electron chi connectivity index (χ1n) is 8.06. The average molecular weight is 376 g/mol. The summed E-state index contributed by atoms with van der Waals surface area (Å²) in [5, 5.41) is 5.31. The van der Waals surface area contributed by atoms with E-state index in [1.165, 1.54) is 17.8 Å². The molecular formula is C19H21FN2O3S. The monoisotopic (exact) mass is 376 g/mol. The van der Waals surface area contributed by atoms with Gasteiger partial charge in [0.1, 0.15) is 5.82 Å². The lowest BCUT2D eigenvalue weighted by Crippen LogP contribution is -2.28. The number of rotatable bonds is 8. The molecule has 2 amide bonds. The van der Waals surface area contributed by atoms with Crippen LogP contribution in [0.2, 0.25) is 0 Å². The quantitative estimate of drug-likeness (QED) is 0.548. The molecule has 0 aliphatic carbocycles. The fraction of sp³-hybridized carbons (Fsp3) is 0.263. The fourth-order valence-electron chi connectivity index (χ4n) is 2.19. The number of halogens is 1. The first kappa shape index (κ1) is 19.9. The summed E-state index contributed by atoms with van der Waals surface area (Å²) >= 11 is 1.25. The van der Waals surface area contributed by atoms with E-state index in [9.17, 15) is 14.0 Å². The minimum atomic E-state index is -0.494. The molecule has 0 bridgehead atoms. The Morgan fingerprint density at radius 3 is 2.73 bits per heavy atom. The lowest BCUT2D eigenvalue weighted by Gasteiger charge is -2.11. The lowest BCUT2D eigenvalue weighted by atomic mass is 10.2. The van der Waals surface area contributed by atoms with Crippen molar-refractivity contribution in [2.45, 2.75) is 11.8 Å². The molecule has 0 unspecified atom stereocenters. The molecule has 0 saturated carbocycles. The van der Waals surface area contributed by atoms with Gasteiger partial charge < -0.3 is 15.4 Å². The normalized spacial score (nSPS) is 10.4. The Balaban J connectivity index is 2.04. The first-order chi connectivity index (χ1) is 12.5. The summed E-state index contributed by atoms with van der Waals surface area (Å²) in [5.41, 5.74) is 1.37. The van der Waals surface area contributed by atoms with Crippen LogP contribution in [0.5, 0.6) is 0 Å². The zero-order chi connectivity index (χ0) is 18.9. The van der Waals surface area contributed by atoms with Gasteiger partial charge in [-0.3, -0.25) is 9.59 Å². The van der Waals surface area contributed by atoms with Gasteiger partial charge in [-0.25, -0.2) is 4.39 Å². The predicted octanol–water partition coefficient (Wildman–Crippen LogP) is 3.24. The Hall–Kier alpha value is -2.38. The van der Waals surface area contributed by atoms with E-state index in [0.29, 0.717) is 23.6 Å². The fourth-order valence-corrected chi connectivity index (χ4v) is 3.07. The second-order valence-corrected chi connectivity index (χ2v) is 6.58. The highest BCUT2D eigenvalue weighted by atomic mass is 32.2. The molecule has 2 aromatic carbocycles. The Morgan fingerprint density at radius 1 is 1.19 bits per heavy atom. The Kier molecular flexibility index (Phi) is 7.62. The van der Waals surface area contributed by atoms with E-state index in [-0.39, 0.29) is 17.3 Å². The van der Waals surface area contributed by atoms with Crippen LogP contribution in [0.15, 0.2) is 47.4 Å². The van der Waals surface area contributed by atoms with Crippen LogP contribution in [0.1, 0.15) is 15.9 Å². The van der Waals surface area contributed by atoms with Crippen molar-refractivity contribution in [2.24, 2.45) is 0 Å². The minimum Gasteiger partial charge on any atom is -0.383 e. The predicted molar refractivity (Wildman–Crippen MR) is 101 cm³/mol. The Labute approximate surface area is 156 Å². The zero-order valence-electron chi connectivity index (χ0n) is 14.7. The standard InChI is InChI=1S/C19H21FN2O3S/c1-13-7-8-15(20)16(11-13)22-19(24)14-5-3-4-6-17(14)26-12-18(23)21-9-10-25-2/h3-8,11H,9-10,12H2,1-2H3,(H,21,23)(H,22,24). The summed E-state index contributed by atoms with van der Waals surface area (Å²) in [4.78, 5) is 25.0. The highest BCUT2D eigenvalue weighted by Crippen LogP contribution is 2.24. The maximum atomic E-state index is 13.9. The topological polar surface area (TPSA) is 67.4 Å². The highest BCUT2D eigenvalue weighted by molar-refractivity contribution is 8.00. The third kappa shape index (κ3) is 5.86. The smallest absolute Gasteiger partial charge is 0.256 e. The molecule has 0 heterocycles. The molecular weight excluding hydrogens is 355 g/mol.